The maximum Gasteiger partial charge on any atom is 0.276 e. The number of methoxy groups -OCH3 is 1. The van der Waals surface area contributed by atoms with Crippen LogP contribution in [0.4, 0.5) is 11.5 Å². The van der Waals surface area contributed by atoms with Crippen LogP contribution in [-0.4, -0.2) is 29.8 Å². The molecule has 3 rings (SSSR count). The summed E-state index contributed by atoms with van der Waals surface area (Å²) in [5, 5.41) is 14.6. The van der Waals surface area contributed by atoms with Gasteiger partial charge >= 0.3 is 0 Å². The summed E-state index contributed by atoms with van der Waals surface area (Å²) in [4.78, 5) is 12.3. The van der Waals surface area contributed by atoms with E-state index >= 15 is 0 Å². The summed E-state index contributed by atoms with van der Waals surface area (Å²) in [6.45, 7) is 2.59. The SMILES string of the molecule is COc1cccc(CCNc2ccc(C(=O)Nc3ccc(C)c(Cl)c3)nn2)c1. The van der Waals surface area contributed by atoms with Crippen LogP contribution in [0.1, 0.15) is 21.6 Å². The fourth-order valence-electron chi connectivity index (χ4n) is 2.58. The number of benzene rings is 2. The second-order valence-corrected chi connectivity index (χ2v) is 6.66. The van der Waals surface area contributed by atoms with Crippen molar-refractivity contribution in [3.8, 4) is 5.75 Å². The Hall–Kier alpha value is -3.12. The molecule has 0 saturated heterocycles. The van der Waals surface area contributed by atoms with Gasteiger partial charge < -0.3 is 15.4 Å². The summed E-state index contributed by atoms with van der Waals surface area (Å²) in [6.07, 6.45) is 0.815. The Kier molecular flexibility index (Phi) is 6.45. The van der Waals surface area contributed by atoms with Crippen LogP contribution in [0, 0.1) is 6.92 Å². The van der Waals surface area contributed by atoms with Crippen LogP contribution in [0.2, 0.25) is 5.02 Å². The third kappa shape index (κ3) is 5.20. The van der Waals surface area contributed by atoms with Gasteiger partial charge in [0.2, 0.25) is 0 Å². The van der Waals surface area contributed by atoms with Crippen molar-refractivity contribution >= 4 is 29.0 Å². The lowest BCUT2D eigenvalue weighted by atomic mass is 10.1. The van der Waals surface area contributed by atoms with E-state index in [1.807, 2.05) is 37.3 Å². The van der Waals surface area contributed by atoms with Crippen molar-refractivity contribution in [2.24, 2.45) is 0 Å². The number of hydrogen-bond donors (Lipinski definition) is 2. The molecule has 0 atom stereocenters. The standard InChI is InChI=1S/C21H21ClN4O2/c1-14-6-7-16(13-18(14)22)24-21(27)19-8-9-20(26-25-19)23-11-10-15-4-3-5-17(12-15)28-2/h3-9,12-13H,10-11H2,1-2H3,(H,23,26)(H,24,27). The molecule has 1 heterocycles. The summed E-state index contributed by atoms with van der Waals surface area (Å²) >= 11 is 6.08. The summed E-state index contributed by atoms with van der Waals surface area (Å²) in [5.41, 5.74) is 2.95. The Morgan fingerprint density at radius 2 is 1.96 bits per heavy atom. The van der Waals surface area contributed by atoms with Gasteiger partial charge in [0.25, 0.3) is 5.91 Å². The molecule has 2 aromatic carbocycles. The average molecular weight is 397 g/mol. The van der Waals surface area contributed by atoms with Gasteiger partial charge in [-0.25, -0.2) is 0 Å². The van der Waals surface area contributed by atoms with Crippen molar-refractivity contribution in [1.82, 2.24) is 10.2 Å². The van der Waals surface area contributed by atoms with Crippen LogP contribution in [0.3, 0.4) is 0 Å². The zero-order valence-corrected chi connectivity index (χ0v) is 16.5. The lowest BCUT2D eigenvalue weighted by molar-refractivity contribution is 0.102. The molecule has 1 amide bonds. The van der Waals surface area contributed by atoms with Crippen molar-refractivity contribution < 1.29 is 9.53 Å². The highest BCUT2D eigenvalue weighted by Crippen LogP contribution is 2.20. The molecular weight excluding hydrogens is 376 g/mol. The lowest BCUT2D eigenvalue weighted by Crippen LogP contribution is -2.15. The number of carbonyl (C=O) groups excluding carboxylic acids is 1. The van der Waals surface area contributed by atoms with Gasteiger partial charge in [0.05, 0.1) is 7.11 Å². The van der Waals surface area contributed by atoms with Gasteiger partial charge in [-0.2, -0.15) is 0 Å². The van der Waals surface area contributed by atoms with E-state index in [1.54, 1.807) is 31.4 Å². The quantitative estimate of drug-likeness (QED) is 0.620. The van der Waals surface area contributed by atoms with Gasteiger partial charge in [-0.15, -0.1) is 10.2 Å². The van der Waals surface area contributed by atoms with E-state index in [1.165, 1.54) is 0 Å². The number of aromatic nitrogens is 2. The molecule has 28 heavy (non-hydrogen) atoms. The summed E-state index contributed by atoms with van der Waals surface area (Å²) in [5.74, 6) is 1.11. The van der Waals surface area contributed by atoms with Gasteiger partial charge in [0.1, 0.15) is 11.6 Å². The minimum atomic E-state index is -0.338. The van der Waals surface area contributed by atoms with E-state index < -0.39 is 0 Å². The Bertz CT molecular complexity index is 961. The van der Waals surface area contributed by atoms with Crippen LogP contribution >= 0.6 is 11.6 Å². The van der Waals surface area contributed by atoms with Crippen molar-refractivity contribution in [2.45, 2.75) is 13.3 Å². The van der Waals surface area contributed by atoms with Crippen LogP contribution < -0.4 is 15.4 Å². The molecule has 7 heteroatoms. The molecule has 1 aromatic heterocycles. The molecule has 0 aliphatic rings. The fourth-order valence-corrected chi connectivity index (χ4v) is 2.76. The normalized spacial score (nSPS) is 10.4. The number of halogens is 1. The average Bonchev–Trinajstić information content (AvgIpc) is 2.71. The van der Waals surface area contributed by atoms with Crippen molar-refractivity contribution in [3.05, 3.63) is 76.4 Å². The van der Waals surface area contributed by atoms with Gasteiger partial charge in [0.15, 0.2) is 5.69 Å². The first kappa shape index (κ1) is 19.6. The number of nitrogens with zero attached hydrogens (tertiary/aromatic N) is 2. The molecule has 0 aliphatic heterocycles. The Labute approximate surface area is 168 Å². The van der Waals surface area contributed by atoms with E-state index in [-0.39, 0.29) is 11.6 Å². The van der Waals surface area contributed by atoms with Gasteiger partial charge in [0, 0.05) is 17.3 Å². The zero-order chi connectivity index (χ0) is 19.9. The molecule has 0 fully saturated rings. The first-order valence-electron chi connectivity index (χ1n) is 8.83. The number of anilines is 2. The predicted octanol–water partition coefficient (Wildman–Crippen LogP) is 4.35. The maximum absolute atomic E-state index is 12.3. The molecule has 0 radical (unpaired) electrons. The van der Waals surface area contributed by atoms with E-state index in [0.29, 0.717) is 23.1 Å². The highest BCUT2D eigenvalue weighted by atomic mass is 35.5. The van der Waals surface area contributed by atoms with Gasteiger partial charge in [-0.05, 0) is 60.9 Å². The predicted molar refractivity (Wildman–Crippen MR) is 111 cm³/mol. The molecule has 0 saturated carbocycles. The number of carbonyl (C=O) groups is 1. The van der Waals surface area contributed by atoms with Gasteiger partial charge in [-0.3, -0.25) is 4.79 Å². The Morgan fingerprint density at radius 1 is 1.11 bits per heavy atom. The summed E-state index contributed by atoms with van der Waals surface area (Å²) in [6, 6.07) is 16.6. The van der Waals surface area contributed by atoms with Crippen molar-refractivity contribution in [3.63, 3.8) is 0 Å². The topological polar surface area (TPSA) is 76.1 Å². The molecule has 0 unspecified atom stereocenters. The Morgan fingerprint density at radius 3 is 2.68 bits per heavy atom. The highest BCUT2D eigenvalue weighted by Gasteiger charge is 2.09. The summed E-state index contributed by atoms with van der Waals surface area (Å²) < 4.78 is 5.22. The second kappa shape index (κ2) is 9.19. The minimum Gasteiger partial charge on any atom is -0.497 e. The van der Waals surface area contributed by atoms with E-state index in [0.717, 1.165) is 23.3 Å². The van der Waals surface area contributed by atoms with Gasteiger partial charge in [-0.1, -0.05) is 29.8 Å². The van der Waals surface area contributed by atoms with E-state index in [2.05, 4.69) is 20.8 Å². The second-order valence-electron chi connectivity index (χ2n) is 6.25. The molecule has 0 bridgehead atoms. The van der Waals surface area contributed by atoms with E-state index in [4.69, 9.17) is 16.3 Å². The van der Waals surface area contributed by atoms with Crippen molar-refractivity contribution in [1.29, 1.82) is 0 Å². The smallest absolute Gasteiger partial charge is 0.276 e. The number of amides is 1. The zero-order valence-electron chi connectivity index (χ0n) is 15.7. The minimum absolute atomic E-state index is 0.232. The highest BCUT2D eigenvalue weighted by molar-refractivity contribution is 6.31. The third-order valence-electron chi connectivity index (χ3n) is 4.18. The number of hydrogen-bond acceptors (Lipinski definition) is 5. The van der Waals surface area contributed by atoms with Crippen LogP contribution in [0.5, 0.6) is 5.75 Å². The van der Waals surface area contributed by atoms with E-state index in [9.17, 15) is 4.79 Å². The van der Waals surface area contributed by atoms with Crippen LogP contribution in [0.25, 0.3) is 0 Å². The van der Waals surface area contributed by atoms with Crippen LogP contribution in [0.15, 0.2) is 54.6 Å². The molecule has 144 valence electrons. The number of aryl methyl sites for hydroxylation is 1. The lowest BCUT2D eigenvalue weighted by Gasteiger charge is -2.08. The first-order valence-corrected chi connectivity index (χ1v) is 9.21. The maximum atomic E-state index is 12.3. The monoisotopic (exact) mass is 396 g/mol. The van der Waals surface area contributed by atoms with Crippen LogP contribution in [-0.2, 0) is 6.42 Å². The number of rotatable bonds is 7. The number of ether oxygens (including phenoxy) is 1. The fraction of sp³-hybridized carbons (Fsp3) is 0.190. The molecule has 0 spiro atoms. The summed E-state index contributed by atoms with van der Waals surface area (Å²) in [7, 11) is 1.65. The first-order chi connectivity index (χ1) is 13.5. The number of nitrogens with one attached hydrogen (secondary N) is 2. The third-order valence-corrected chi connectivity index (χ3v) is 4.59. The molecule has 2 N–H and O–H groups in total. The molecule has 0 aliphatic carbocycles. The molecule has 6 nitrogen and oxygen atoms in total. The molecular formula is C21H21ClN4O2. The Balaban J connectivity index is 1.53. The molecule has 3 aromatic rings. The van der Waals surface area contributed by atoms with Crippen molar-refractivity contribution in [2.75, 3.05) is 24.3 Å². The largest absolute Gasteiger partial charge is 0.497 e.